The van der Waals surface area contributed by atoms with Gasteiger partial charge in [-0.1, -0.05) is 6.07 Å². The molecule has 44 heavy (non-hydrogen) atoms. The van der Waals surface area contributed by atoms with Crippen LogP contribution in [0.2, 0.25) is 0 Å². The van der Waals surface area contributed by atoms with Crippen LogP contribution in [-0.2, 0) is 15.7 Å². The van der Waals surface area contributed by atoms with Gasteiger partial charge in [0.15, 0.2) is 0 Å². The van der Waals surface area contributed by atoms with E-state index in [0.717, 1.165) is 38.4 Å². The van der Waals surface area contributed by atoms with E-state index in [0.29, 0.717) is 57.1 Å². The van der Waals surface area contributed by atoms with Crippen molar-refractivity contribution in [3.63, 3.8) is 0 Å². The topological polar surface area (TPSA) is 76.6 Å². The number of hydrogen-bond donors (Lipinski definition) is 1. The van der Waals surface area contributed by atoms with Crippen LogP contribution in [0.25, 0.3) is 0 Å². The van der Waals surface area contributed by atoms with Crippen LogP contribution in [0.15, 0.2) is 42.5 Å². The van der Waals surface area contributed by atoms with Gasteiger partial charge in [-0.2, -0.15) is 13.2 Å². The van der Waals surface area contributed by atoms with Crippen molar-refractivity contribution in [2.75, 3.05) is 62.2 Å². The smallest absolute Gasteiger partial charge is 0.416 e. The highest BCUT2D eigenvalue weighted by Crippen LogP contribution is 2.48. The number of alkyl halides is 3. The Bertz CT molecular complexity index is 1380. The van der Waals surface area contributed by atoms with E-state index < -0.39 is 29.1 Å². The molecule has 1 N–H and O–H groups in total. The number of nitrogens with zero attached hydrogens (tertiary/aromatic N) is 4. The van der Waals surface area contributed by atoms with Crippen LogP contribution in [0.1, 0.15) is 48.5 Å². The number of amides is 1. The number of hydrogen-bond acceptors (Lipinski definition) is 6. The van der Waals surface area contributed by atoms with Crippen molar-refractivity contribution in [1.29, 1.82) is 0 Å². The van der Waals surface area contributed by atoms with Crippen molar-refractivity contribution in [3.8, 4) is 0 Å². The summed E-state index contributed by atoms with van der Waals surface area (Å²) in [5.74, 6) is -1.85. The van der Waals surface area contributed by atoms with Crippen molar-refractivity contribution in [2.24, 2.45) is 5.92 Å². The molecule has 238 valence electrons. The second kappa shape index (κ2) is 11.8. The molecule has 0 bridgehead atoms. The third kappa shape index (κ3) is 5.98. The van der Waals surface area contributed by atoms with Crippen LogP contribution < -0.4 is 9.80 Å². The van der Waals surface area contributed by atoms with Crippen molar-refractivity contribution >= 4 is 23.3 Å². The lowest BCUT2D eigenvalue weighted by atomic mass is 9.85. The van der Waals surface area contributed by atoms with Gasteiger partial charge in [0.1, 0.15) is 11.4 Å². The zero-order chi connectivity index (χ0) is 31.2. The van der Waals surface area contributed by atoms with Gasteiger partial charge in [-0.3, -0.25) is 9.69 Å². The average molecular weight is 619 g/mol. The molecule has 0 unspecified atom stereocenters. The zero-order valence-corrected chi connectivity index (χ0v) is 24.7. The minimum Gasteiger partial charge on any atom is -0.478 e. The fourth-order valence-electron chi connectivity index (χ4n) is 7.16. The Labute approximate surface area is 254 Å². The Morgan fingerprint density at radius 2 is 1.70 bits per heavy atom. The maximum Gasteiger partial charge on any atom is 0.416 e. The first-order chi connectivity index (χ1) is 21.0. The van der Waals surface area contributed by atoms with Crippen LogP contribution in [0.3, 0.4) is 0 Å². The molecule has 1 saturated carbocycles. The Balaban J connectivity index is 1.05. The van der Waals surface area contributed by atoms with E-state index in [-0.39, 0.29) is 29.5 Å². The van der Waals surface area contributed by atoms with Gasteiger partial charge in [-0.25, -0.2) is 9.18 Å². The van der Waals surface area contributed by atoms with E-state index in [1.54, 1.807) is 12.1 Å². The van der Waals surface area contributed by atoms with Gasteiger partial charge >= 0.3 is 12.1 Å². The normalized spacial score (nSPS) is 27.0. The van der Waals surface area contributed by atoms with E-state index in [4.69, 9.17) is 4.74 Å². The molecule has 2 aromatic carbocycles. The molecule has 4 aliphatic rings. The number of benzene rings is 2. The summed E-state index contributed by atoms with van der Waals surface area (Å²) < 4.78 is 60.1. The molecule has 0 spiro atoms. The summed E-state index contributed by atoms with van der Waals surface area (Å²) in [6.45, 7) is 6.42. The molecule has 12 heteroatoms. The number of aromatic carboxylic acids is 1. The Kier molecular flexibility index (Phi) is 8.25. The summed E-state index contributed by atoms with van der Waals surface area (Å²) in [5.41, 5.74) is -0.663. The van der Waals surface area contributed by atoms with Gasteiger partial charge in [0.25, 0.3) is 5.91 Å². The standard InChI is InChI=1S/C32H38F4N4O4/c1-21-19-39(15-16-40(21)25-7-8-28(33)27(18-25)29(41)42)26-9-10-31(44-20-26,22-5-6-22)30(43)38-13-11-37(12-14-38)24-4-2-3-23(17-24)32(34,35)36/h2-4,7-8,17-18,21-22,26H,5-6,9-16,19-20H2,1H3,(H,41,42)/t21-,26+,31-/m0/s1. The number of carbonyl (C=O) groups excluding carboxylic acids is 1. The second-order valence-electron chi connectivity index (χ2n) is 12.5. The van der Waals surface area contributed by atoms with Gasteiger partial charge in [0.05, 0.1) is 17.7 Å². The minimum absolute atomic E-state index is 0.00544. The molecule has 1 aliphatic carbocycles. The highest BCUT2D eigenvalue weighted by molar-refractivity contribution is 5.89. The van der Waals surface area contributed by atoms with Crippen LogP contribution >= 0.6 is 0 Å². The molecular formula is C32H38F4N4O4. The zero-order valence-electron chi connectivity index (χ0n) is 24.7. The van der Waals surface area contributed by atoms with E-state index in [1.165, 1.54) is 24.3 Å². The predicted molar refractivity (Wildman–Crippen MR) is 156 cm³/mol. The van der Waals surface area contributed by atoms with Crippen LogP contribution in [0.5, 0.6) is 0 Å². The van der Waals surface area contributed by atoms with Crippen LogP contribution in [-0.4, -0.2) is 96.9 Å². The Morgan fingerprint density at radius 3 is 2.32 bits per heavy atom. The predicted octanol–water partition coefficient (Wildman–Crippen LogP) is 4.73. The SMILES string of the molecule is C[C@H]1CN([C@@H]2CC[C@@](C(=O)N3CCN(c4cccc(C(F)(F)F)c4)CC3)(C3CC3)OC2)CCN1c1ccc(F)c(C(=O)O)c1. The molecular weight excluding hydrogens is 580 g/mol. The molecule has 3 aliphatic heterocycles. The van der Waals surface area contributed by atoms with Gasteiger partial charge in [-0.15, -0.1) is 0 Å². The van der Waals surface area contributed by atoms with Gasteiger partial charge < -0.3 is 24.5 Å². The Hall–Kier alpha value is -3.38. The van der Waals surface area contributed by atoms with E-state index in [1.807, 2.05) is 9.80 Å². The van der Waals surface area contributed by atoms with Gasteiger partial charge in [0, 0.05) is 69.3 Å². The molecule has 1 amide bonds. The first-order valence-corrected chi connectivity index (χ1v) is 15.4. The summed E-state index contributed by atoms with van der Waals surface area (Å²) in [7, 11) is 0. The first-order valence-electron chi connectivity index (χ1n) is 15.4. The summed E-state index contributed by atoms with van der Waals surface area (Å²) in [6, 6.07) is 9.77. The number of piperazine rings is 2. The summed E-state index contributed by atoms with van der Waals surface area (Å²) in [6.07, 6.45) is -1.05. The number of halogens is 4. The largest absolute Gasteiger partial charge is 0.478 e. The van der Waals surface area contributed by atoms with E-state index >= 15 is 0 Å². The summed E-state index contributed by atoms with van der Waals surface area (Å²) in [4.78, 5) is 33.6. The molecule has 0 aromatic heterocycles. The minimum atomic E-state index is -4.40. The molecule has 3 saturated heterocycles. The highest BCUT2D eigenvalue weighted by Gasteiger charge is 2.56. The fourth-order valence-corrected chi connectivity index (χ4v) is 7.16. The number of rotatable bonds is 6. The summed E-state index contributed by atoms with van der Waals surface area (Å²) >= 11 is 0. The molecule has 0 radical (unpaired) electrons. The molecule has 6 rings (SSSR count). The summed E-state index contributed by atoms with van der Waals surface area (Å²) in [5, 5.41) is 9.32. The number of ether oxygens (including phenoxy) is 1. The maximum atomic E-state index is 14.0. The third-order valence-corrected chi connectivity index (χ3v) is 9.77. The van der Waals surface area contributed by atoms with Crippen molar-refractivity contribution < 1.29 is 37.0 Å². The van der Waals surface area contributed by atoms with Gasteiger partial charge in [0.2, 0.25) is 0 Å². The molecule has 4 fully saturated rings. The number of anilines is 2. The van der Waals surface area contributed by atoms with Crippen LogP contribution in [0.4, 0.5) is 28.9 Å². The molecule has 3 atom stereocenters. The van der Waals surface area contributed by atoms with Crippen molar-refractivity contribution in [2.45, 2.75) is 56.5 Å². The third-order valence-electron chi connectivity index (χ3n) is 9.77. The molecule has 2 aromatic rings. The highest BCUT2D eigenvalue weighted by atomic mass is 19.4. The number of carboxylic acid groups (broad SMARTS) is 1. The monoisotopic (exact) mass is 618 g/mol. The average Bonchev–Trinajstić information content (AvgIpc) is 3.87. The molecule has 8 nitrogen and oxygen atoms in total. The molecule has 3 heterocycles. The second-order valence-corrected chi connectivity index (χ2v) is 12.5. The quantitative estimate of drug-likeness (QED) is 0.470. The van der Waals surface area contributed by atoms with Crippen molar-refractivity contribution in [3.05, 3.63) is 59.4 Å². The van der Waals surface area contributed by atoms with E-state index in [2.05, 4.69) is 16.7 Å². The van der Waals surface area contributed by atoms with Crippen molar-refractivity contribution in [1.82, 2.24) is 9.80 Å². The lowest BCUT2D eigenvalue weighted by molar-refractivity contribution is -0.176. The Morgan fingerprint density at radius 1 is 0.955 bits per heavy atom. The maximum absolute atomic E-state index is 14.0. The van der Waals surface area contributed by atoms with E-state index in [9.17, 15) is 32.3 Å². The lowest BCUT2D eigenvalue weighted by Crippen LogP contribution is -2.62. The lowest BCUT2D eigenvalue weighted by Gasteiger charge is -2.49. The fraction of sp³-hybridized carbons (Fsp3) is 0.562. The van der Waals surface area contributed by atoms with Crippen LogP contribution in [0, 0.1) is 11.7 Å². The number of carbonyl (C=O) groups is 2. The van der Waals surface area contributed by atoms with Gasteiger partial charge in [-0.05, 0) is 74.9 Å². The first kappa shape index (κ1) is 30.6. The number of carboxylic acids is 1.